The molecule has 1 aliphatic rings. The first-order chi connectivity index (χ1) is 13.5. The largest absolute Gasteiger partial charge is 0.379 e. The number of hydrogen-bond acceptors (Lipinski definition) is 6. The molecule has 150 valence electrons. The SMILES string of the molecule is Cc1nc(-c2cccc(Cl)c2)sc1C(=O)NCC(=O)NCCN1CCOCC1. The van der Waals surface area contributed by atoms with Crippen molar-refractivity contribution in [2.24, 2.45) is 0 Å². The third-order valence-electron chi connectivity index (χ3n) is 4.34. The summed E-state index contributed by atoms with van der Waals surface area (Å²) in [5, 5.41) is 6.83. The van der Waals surface area contributed by atoms with E-state index in [0.29, 0.717) is 22.1 Å². The van der Waals surface area contributed by atoms with Crippen LogP contribution in [0.3, 0.4) is 0 Å². The second kappa shape index (κ2) is 9.97. The van der Waals surface area contributed by atoms with Gasteiger partial charge in [0.2, 0.25) is 5.91 Å². The summed E-state index contributed by atoms with van der Waals surface area (Å²) in [4.78, 5) is 31.6. The molecule has 0 radical (unpaired) electrons. The van der Waals surface area contributed by atoms with Gasteiger partial charge in [0.15, 0.2) is 0 Å². The van der Waals surface area contributed by atoms with Crippen LogP contribution in [0.15, 0.2) is 24.3 Å². The Morgan fingerprint density at radius 1 is 1.29 bits per heavy atom. The molecule has 1 aromatic carbocycles. The van der Waals surface area contributed by atoms with Gasteiger partial charge in [0.05, 0.1) is 25.5 Å². The Morgan fingerprint density at radius 2 is 2.07 bits per heavy atom. The summed E-state index contributed by atoms with van der Waals surface area (Å²) < 4.78 is 5.29. The number of ether oxygens (including phenoxy) is 1. The van der Waals surface area contributed by atoms with Crippen molar-refractivity contribution in [3.8, 4) is 10.6 Å². The Labute approximate surface area is 173 Å². The quantitative estimate of drug-likeness (QED) is 0.712. The van der Waals surface area contributed by atoms with Crippen LogP contribution in [-0.2, 0) is 9.53 Å². The summed E-state index contributed by atoms with van der Waals surface area (Å²) in [6, 6.07) is 7.34. The number of carbonyl (C=O) groups is 2. The van der Waals surface area contributed by atoms with E-state index in [1.54, 1.807) is 13.0 Å². The van der Waals surface area contributed by atoms with E-state index in [9.17, 15) is 9.59 Å². The normalized spacial score (nSPS) is 14.6. The maximum Gasteiger partial charge on any atom is 0.263 e. The van der Waals surface area contributed by atoms with Crippen LogP contribution in [0.2, 0.25) is 5.02 Å². The van der Waals surface area contributed by atoms with E-state index in [1.807, 2.05) is 18.2 Å². The Morgan fingerprint density at radius 3 is 2.82 bits per heavy atom. The van der Waals surface area contributed by atoms with Crippen LogP contribution < -0.4 is 10.6 Å². The molecule has 2 heterocycles. The molecule has 0 saturated carbocycles. The molecule has 9 heteroatoms. The van der Waals surface area contributed by atoms with Crippen molar-refractivity contribution in [1.29, 1.82) is 0 Å². The topological polar surface area (TPSA) is 83.6 Å². The lowest BCUT2D eigenvalue weighted by Gasteiger charge is -2.26. The Bertz CT molecular complexity index is 836. The predicted molar refractivity (Wildman–Crippen MR) is 110 cm³/mol. The van der Waals surface area contributed by atoms with Gasteiger partial charge in [-0.25, -0.2) is 4.98 Å². The third kappa shape index (κ3) is 5.75. The zero-order chi connectivity index (χ0) is 19.9. The number of morpholine rings is 1. The lowest BCUT2D eigenvalue weighted by molar-refractivity contribution is -0.120. The summed E-state index contributed by atoms with van der Waals surface area (Å²) in [5.41, 5.74) is 1.49. The molecular formula is C19H23ClN4O3S. The molecule has 0 spiro atoms. The summed E-state index contributed by atoms with van der Waals surface area (Å²) in [6.45, 7) is 6.27. The highest BCUT2D eigenvalue weighted by Crippen LogP contribution is 2.29. The standard InChI is InChI=1S/C19H23ClN4O3S/c1-13-17(28-19(23-13)14-3-2-4-15(20)11-14)18(26)22-12-16(25)21-5-6-24-7-9-27-10-8-24/h2-4,11H,5-10,12H2,1H3,(H,21,25)(H,22,26). The van der Waals surface area contributed by atoms with E-state index in [-0.39, 0.29) is 18.4 Å². The molecule has 0 bridgehead atoms. The Kier molecular flexibility index (Phi) is 7.38. The minimum atomic E-state index is -0.299. The Hall–Kier alpha value is -2.00. The fraction of sp³-hybridized carbons (Fsp3) is 0.421. The fourth-order valence-corrected chi connectivity index (χ4v) is 4.00. The molecular weight excluding hydrogens is 400 g/mol. The first-order valence-corrected chi connectivity index (χ1v) is 10.3. The van der Waals surface area contributed by atoms with Gasteiger partial charge in [0, 0.05) is 36.8 Å². The number of amides is 2. The van der Waals surface area contributed by atoms with Gasteiger partial charge in [0.1, 0.15) is 9.88 Å². The lowest BCUT2D eigenvalue weighted by Crippen LogP contribution is -2.43. The molecule has 0 atom stereocenters. The number of thiazole rings is 1. The van der Waals surface area contributed by atoms with Gasteiger partial charge in [-0.15, -0.1) is 11.3 Å². The van der Waals surface area contributed by atoms with Crippen LogP contribution in [0.5, 0.6) is 0 Å². The monoisotopic (exact) mass is 422 g/mol. The van der Waals surface area contributed by atoms with Gasteiger partial charge in [-0.05, 0) is 19.1 Å². The molecule has 0 unspecified atom stereocenters. The first kappa shape index (κ1) is 20.7. The first-order valence-electron chi connectivity index (χ1n) is 9.11. The third-order valence-corrected chi connectivity index (χ3v) is 5.78. The molecule has 0 aliphatic carbocycles. The summed E-state index contributed by atoms with van der Waals surface area (Å²) >= 11 is 7.31. The summed E-state index contributed by atoms with van der Waals surface area (Å²) in [7, 11) is 0. The number of carbonyl (C=O) groups excluding carboxylic acids is 2. The van der Waals surface area contributed by atoms with Gasteiger partial charge < -0.3 is 15.4 Å². The van der Waals surface area contributed by atoms with Gasteiger partial charge in [-0.3, -0.25) is 14.5 Å². The van der Waals surface area contributed by atoms with Crippen LogP contribution in [0.25, 0.3) is 10.6 Å². The van der Waals surface area contributed by atoms with E-state index >= 15 is 0 Å². The predicted octanol–water partition coefficient (Wildman–Crippen LogP) is 1.95. The van der Waals surface area contributed by atoms with Crippen molar-refractivity contribution in [1.82, 2.24) is 20.5 Å². The van der Waals surface area contributed by atoms with E-state index in [4.69, 9.17) is 16.3 Å². The molecule has 7 nitrogen and oxygen atoms in total. The number of aromatic nitrogens is 1. The van der Waals surface area contributed by atoms with Crippen LogP contribution in [0.4, 0.5) is 0 Å². The van der Waals surface area contributed by atoms with Crippen molar-refractivity contribution in [2.75, 3.05) is 45.9 Å². The molecule has 2 amide bonds. The molecule has 2 aromatic rings. The van der Waals surface area contributed by atoms with Crippen LogP contribution in [0, 0.1) is 6.92 Å². The number of nitrogens with one attached hydrogen (secondary N) is 2. The second-order valence-electron chi connectivity index (χ2n) is 6.43. The summed E-state index contributed by atoms with van der Waals surface area (Å²) in [5.74, 6) is -0.509. The smallest absolute Gasteiger partial charge is 0.263 e. The van der Waals surface area contributed by atoms with Crippen molar-refractivity contribution >= 4 is 34.8 Å². The second-order valence-corrected chi connectivity index (χ2v) is 7.87. The number of benzene rings is 1. The molecule has 2 N–H and O–H groups in total. The number of rotatable bonds is 7. The highest BCUT2D eigenvalue weighted by molar-refractivity contribution is 7.17. The molecule has 1 saturated heterocycles. The van der Waals surface area contributed by atoms with Crippen LogP contribution in [-0.4, -0.2) is 67.6 Å². The van der Waals surface area contributed by atoms with E-state index in [2.05, 4.69) is 20.5 Å². The van der Waals surface area contributed by atoms with Crippen LogP contribution in [0.1, 0.15) is 15.4 Å². The highest BCUT2D eigenvalue weighted by atomic mass is 35.5. The molecule has 1 aromatic heterocycles. The maximum atomic E-state index is 12.4. The summed E-state index contributed by atoms with van der Waals surface area (Å²) in [6.07, 6.45) is 0. The minimum Gasteiger partial charge on any atom is -0.379 e. The Balaban J connectivity index is 1.47. The average Bonchev–Trinajstić information content (AvgIpc) is 3.09. The van der Waals surface area contributed by atoms with Gasteiger partial charge in [-0.2, -0.15) is 0 Å². The molecule has 1 aliphatic heterocycles. The fourth-order valence-electron chi connectivity index (χ4n) is 2.83. The van der Waals surface area contributed by atoms with Crippen molar-refractivity contribution in [2.45, 2.75) is 6.92 Å². The zero-order valence-electron chi connectivity index (χ0n) is 15.7. The van der Waals surface area contributed by atoms with Crippen molar-refractivity contribution in [3.05, 3.63) is 39.9 Å². The van der Waals surface area contributed by atoms with Gasteiger partial charge in [-0.1, -0.05) is 23.7 Å². The average molecular weight is 423 g/mol. The number of nitrogens with zero attached hydrogens (tertiary/aromatic N) is 2. The molecule has 3 rings (SSSR count). The number of halogens is 1. The van der Waals surface area contributed by atoms with E-state index in [1.165, 1.54) is 11.3 Å². The van der Waals surface area contributed by atoms with Crippen molar-refractivity contribution in [3.63, 3.8) is 0 Å². The number of hydrogen-bond donors (Lipinski definition) is 2. The molecule has 1 fully saturated rings. The molecule has 28 heavy (non-hydrogen) atoms. The van der Waals surface area contributed by atoms with Crippen molar-refractivity contribution < 1.29 is 14.3 Å². The van der Waals surface area contributed by atoms with Gasteiger partial charge in [0.25, 0.3) is 5.91 Å². The van der Waals surface area contributed by atoms with E-state index < -0.39 is 0 Å². The zero-order valence-corrected chi connectivity index (χ0v) is 17.2. The van der Waals surface area contributed by atoms with Crippen LogP contribution >= 0.6 is 22.9 Å². The minimum absolute atomic E-state index is 0.0637. The van der Waals surface area contributed by atoms with Gasteiger partial charge >= 0.3 is 0 Å². The van der Waals surface area contributed by atoms with E-state index in [0.717, 1.165) is 43.4 Å². The maximum absolute atomic E-state index is 12.4. The number of aryl methyl sites for hydroxylation is 1. The highest BCUT2D eigenvalue weighted by Gasteiger charge is 2.17. The lowest BCUT2D eigenvalue weighted by atomic mass is 10.2.